The molecule has 2 aromatic rings. The van der Waals surface area contributed by atoms with E-state index in [-0.39, 0.29) is 5.41 Å². The second-order valence-electron chi connectivity index (χ2n) is 9.18. The number of fused-ring (bicyclic) bond motifs is 5. The predicted octanol–water partition coefficient (Wildman–Crippen LogP) is 4.94. The first-order valence-corrected chi connectivity index (χ1v) is 11.0. The van der Waals surface area contributed by atoms with Gasteiger partial charge in [-0.15, -0.1) is 0 Å². The van der Waals surface area contributed by atoms with Crippen molar-refractivity contribution in [3.63, 3.8) is 0 Å². The number of hydrogen-bond acceptors (Lipinski definition) is 4. The number of phenols is 1. The molecule has 152 valence electrons. The van der Waals surface area contributed by atoms with Crippen molar-refractivity contribution in [1.82, 2.24) is 9.78 Å². The highest BCUT2D eigenvalue weighted by molar-refractivity contribution is 5.93. The molecule has 5 heteroatoms. The molecule has 1 N–H and O–H groups in total. The van der Waals surface area contributed by atoms with Gasteiger partial charge in [-0.2, -0.15) is 15.3 Å². The molecule has 2 saturated carbocycles. The molecule has 5 nitrogen and oxygen atoms in total. The van der Waals surface area contributed by atoms with Gasteiger partial charge < -0.3 is 5.11 Å². The van der Waals surface area contributed by atoms with Crippen molar-refractivity contribution >= 4 is 11.9 Å². The third kappa shape index (κ3) is 3.11. The lowest BCUT2D eigenvalue weighted by atomic mass is 9.55. The van der Waals surface area contributed by atoms with E-state index in [1.54, 1.807) is 6.21 Å². The Bertz CT molecular complexity index is 975. The standard InChI is InChI=1S/C24H30N4O/c1-3-28-13-11-17(27-28)15-25-26-23-9-8-22-21-6-4-16-14-18(29)5-7-19(16)20(21)10-12-24(22,23)2/h5,7,11,13-15,20-22,29H,3-4,6,8-10,12H2,1-2H3/b25-15+,26-23+/t20-,21-,22+,24+/m1/s1. The number of aromatic nitrogens is 2. The van der Waals surface area contributed by atoms with Gasteiger partial charge in [-0.05, 0) is 92.5 Å². The summed E-state index contributed by atoms with van der Waals surface area (Å²) in [7, 11) is 0. The van der Waals surface area contributed by atoms with E-state index in [1.165, 1.54) is 42.5 Å². The molecule has 4 atom stereocenters. The van der Waals surface area contributed by atoms with Crippen LogP contribution in [0, 0.1) is 17.3 Å². The fourth-order valence-electron chi connectivity index (χ4n) is 6.30. The van der Waals surface area contributed by atoms with E-state index < -0.39 is 0 Å². The fourth-order valence-corrected chi connectivity index (χ4v) is 6.30. The summed E-state index contributed by atoms with van der Waals surface area (Å²) in [6.45, 7) is 5.37. The zero-order chi connectivity index (χ0) is 20.0. The summed E-state index contributed by atoms with van der Waals surface area (Å²) in [6, 6.07) is 8.00. The highest BCUT2D eigenvalue weighted by atomic mass is 16.3. The summed E-state index contributed by atoms with van der Waals surface area (Å²) in [5.74, 6) is 2.46. The lowest BCUT2D eigenvalue weighted by molar-refractivity contribution is 0.0955. The molecule has 0 saturated heterocycles. The van der Waals surface area contributed by atoms with Crippen molar-refractivity contribution in [2.45, 2.75) is 64.8 Å². The first-order chi connectivity index (χ1) is 14.1. The monoisotopic (exact) mass is 390 g/mol. The number of benzene rings is 1. The maximum absolute atomic E-state index is 9.86. The van der Waals surface area contributed by atoms with Crippen LogP contribution in [0.4, 0.5) is 0 Å². The quantitative estimate of drug-likeness (QED) is 0.596. The predicted molar refractivity (Wildman–Crippen MR) is 116 cm³/mol. The zero-order valence-electron chi connectivity index (χ0n) is 17.4. The number of phenolic OH excluding ortho intramolecular Hbond substituents is 1. The number of hydrogen-bond donors (Lipinski definition) is 1. The lowest BCUT2D eigenvalue weighted by Crippen LogP contribution is -2.42. The Labute approximate surface area is 172 Å². The molecule has 0 radical (unpaired) electrons. The molecule has 2 fully saturated rings. The Morgan fingerprint density at radius 1 is 1.24 bits per heavy atom. The summed E-state index contributed by atoms with van der Waals surface area (Å²) in [5.41, 5.74) is 5.17. The Kier molecular flexibility index (Phi) is 4.56. The van der Waals surface area contributed by atoms with E-state index in [1.807, 2.05) is 29.1 Å². The van der Waals surface area contributed by atoms with Crippen molar-refractivity contribution in [1.29, 1.82) is 0 Å². The van der Waals surface area contributed by atoms with Crippen LogP contribution in [0.15, 0.2) is 40.7 Å². The van der Waals surface area contributed by atoms with Crippen LogP contribution >= 0.6 is 0 Å². The SMILES string of the molecule is CCn1ccc(/C=N/N=C2\CC[C@H]3[C@@H]4CCc5cc(O)ccc5[C@H]4CC[C@]23C)n1. The van der Waals surface area contributed by atoms with Crippen LogP contribution in [0.3, 0.4) is 0 Å². The highest BCUT2D eigenvalue weighted by Crippen LogP contribution is 2.60. The minimum absolute atomic E-state index is 0.176. The van der Waals surface area contributed by atoms with Crippen LogP contribution in [0.5, 0.6) is 5.75 Å². The van der Waals surface area contributed by atoms with Crippen LogP contribution in [-0.2, 0) is 13.0 Å². The highest BCUT2D eigenvalue weighted by Gasteiger charge is 2.53. The van der Waals surface area contributed by atoms with Crippen LogP contribution in [0.25, 0.3) is 0 Å². The van der Waals surface area contributed by atoms with Gasteiger partial charge in [0.05, 0.1) is 6.21 Å². The number of aryl methyl sites for hydroxylation is 2. The zero-order valence-corrected chi connectivity index (χ0v) is 17.4. The third-order valence-corrected chi connectivity index (χ3v) is 7.80. The molecule has 0 amide bonds. The summed E-state index contributed by atoms with van der Waals surface area (Å²) in [5, 5.41) is 23.4. The molecule has 1 aromatic heterocycles. The van der Waals surface area contributed by atoms with Gasteiger partial charge in [0.15, 0.2) is 0 Å². The van der Waals surface area contributed by atoms with Gasteiger partial charge in [0, 0.05) is 23.9 Å². The molecular weight excluding hydrogens is 360 g/mol. The Balaban J connectivity index is 1.37. The summed E-state index contributed by atoms with van der Waals surface area (Å²) >= 11 is 0. The fraction of sp³-hybridized carbons (Fsp3) is 0.542. The third-order valence-electron chi connectivity index (χ3n) is 7.80. The number of rotatable bonds is 3. The molecule has 29 heavy (non-hydrogen) atoms. The topological polar surface area (TPSA) is 62.8 Å². The Morgan fingerprint density at radius 3 is 2.97 bits per heavy atom. The average molecular weight is 391 g/mol. The molecule has 1 aromatic carbocycles. The van der Waals surface area contributed by atoms with Gasteiger partial charge in [-0.1, -0.05) is 13.0 Å². The van der Waals surface area contributed by atoms with E-state index in [0.717, 1.165) is 31.0 Å². The molecule has 5 rings (SSSR count). The maximum atomic E-state index is 9.86. The number of nitrogens with zero attached hydrogens (tertiary/aromatic N) is 4. The van der Waals surface area contributed by atoms with Gasteiger partial charge in [0.2, 0.25) is 0 Å². The van der Waals surface area contributed by atoms with E-state index in [4.69, 9.17) is 5.10 Å². The first kappa shape index (κ1) is 18.6. The van der Waals surface area contributed by atoms with Crippen molar-refractivity contribution in [3.05, 3.63) is 47.3 Å². The summed E-state index contributed by atoms with van der Waals surface area (Å²) in [4.78, 5) is 0. The summed E-state index contributed by atoms with van der Waals surface area (Å²) < 4.78 is 1.91. The van der Waals surface area contributed by atoms with Gasteiger partial charge in [-0.3, -0.25) is 4.68 Å². The van der Waals surface area contributed by atoms with Crippen molar-refractivity contribution in [2.75, 3.05) is 0 Å². The lowest BCUT2D eigenvalue weighted by Gasteiger charge is -2.49. The minimum atomic E-state index is 0.176. The molecule has 3 aliphatic carbocycles. The van der Waals surface area contributed by atoms with Crippen molar-refractivity contribution < 1.29 is 5.11 Å². The van der Waals surface area contributed by atoms with Gasteiger partial charge in [0.1, 0.15) is 11.4 Å². The average Bonchev–Trinajstić information content (AvgIpc) is 3.32. The van der Waals surface area contributed by atoms with Gasteiger partial charge >= 0.3 is 0 Å². The Morgan fingerprint density at radius 2 is 2.14 bits per heavy atom. The van der Waals surface area contributed by atoms with E-state index in [2.05, 4.69) is 30.1 Å². The van der Waals surface area contributed by atoms with Gasteiger partial charge in [-0.25, -0.2) is 0 Å². The molecular formula is C24H30N4O. The van der Waals surface area contributed by atoms with Crippen molar-refractivity contribution in [3.8, 4) is 5.75 Å². The molecule has 0 unspecified atom stereocenters. The molecule has 0 bridgehead atoms. The van der Waals surface area contributed by atoms with Gasteiger partial charge in [0.25, 0.3) is 0 Å². The van der Waals surface area contributed by atoms with Crippen LogP contribution < -0.4 is 0 Å². The van der Waals surface area contributed by atoms with E-state index in [0.29, 0.717) is 17.6 Å². The second-order valence-corrected chi connectivity index (χ2v) is 9.18. The molecule has 1 heterocycles. The van der Waals surface area contributed by atoms with Crippen LogP contribution in [0.2, 0.25) is 0 Å². The van der Waals surface area contributed by atoms with Crippen molar-refractivity contribution in [2.24, 2.45) is 27.5 Å². The molecule has 0 aliphatic heterocycles. The van der Waals surface area contributed by atoms with E-state index >= 15 is 0 Å². The minimum Gasteiger partial charge on any atom is -0.508 e. The summed E-state index contributed by atoms with van der Waals surface area (Å²) in [6.07, 6.45) is 10.7. The smallest absolute Gasteiger partial charge is 0.115 e. The molecule has 0 spiro atoms. The van der Waals surface area contributed by atoms with E-state index in [9.17, 15) is 5.11 Å². The van der Waals surface area contributed by atoms with Crippen LogP contribution in [0.1, 0.15) is 68.7 Å². The largest absolute Gasteiger partial charge is 0.508 e. The molecule has 3 aliphatic rings. The number of aromatic hydroxyl groups is 1. The van der Waals surface area contributed by atoms with Crippen LogP contribution in [-0.4, -0.2) is 26.8 Å². The normalized spacial score (nSPS) is 32.3. The second kappa shape index (κ2) is 7.12. The Hall–Kier alpha value is -2.43. The first-order valence-electron chi connectivity index (χ1n) is 11.0. The maximum Gasteiger partial charge on any atom is 0.115 e.